The zero-order valence-electron chi connectivity index (χ0n) is 11.3. The second-order valence-corrected chi connectivity index (χ2v) is 4.68. The molecule has 7 nitrogen and oxygen atoms in total. The van der Waals surface area contributed by atoms with E-state index >= 15 is 0 Å². The van der Waals surface area contributed by atoms with Gasteiger partial charge in [0, 0.05) is 19.2 Å². The Labute approximate surface area is 117 Å². The number of nitrogens with one attached hydrogen (secondary N) is 1. The molecule has 1 aliphatic rings. The summed E-state index contributed by atoms with van der Waals surface area (Å²) in [5.41, 5.74) is 5.29. The number of carbonyl (C=O) groups excluding carboxylic acids is 2. The number of nitrogens with zero attached hydrogens (tertiary/aromatic N) is 2. The second kappa shape index (κ2) is 6.23. The first-order valence-corrected chi connectivity index (χ1v) is 6.46. The fourth-order valence-electron chi connectivity index (χ4n) is 2.18. The summed E-state index contributed by atoms with van der Waals surface area (Å²) in [5, 5.41) is 2.69. The van der Waals surface area contributed by atoms with Crippen LogP contribution in [0.4, 0.5) is 10.6 Å². The van der Waals surface area contributed by atoms with Crippen molar-refractivity contribution in [3.8, 4) is 5.88 Å². The summed E-state index contributed by atoms with van der Waals surface area (Å²) in [4.78, 5) is 29.0. The minimum atomic E-state index is -0.359. The molecule has 1 saturated heterocycles. The number of hydrogen-bond donors (Lipinski definition) is 2. The molecule has 1 aromatic heterocycles. The Morgan fingerprint density at radius 1 is 1.50 bits per heavy atom. The van der Waals surface area contributed by atoms with Crippen LogP contribution in [0, 0.1) is 5.92 Å². The third kappa shape index (κ3) is 3.37. The maximum Gasteiger partial charge on any atom is 0.323 e. The average Bonchev–Trinajstić information content (AvgIpc) is 2.47. The SMILES string of the molecule is COc1cccc(NC(=O)N2CCC[C@H](C(N)=O)C2)n1. The van der Waals surface area contributed by atoms with Gasteiger partial charge in [0.15, 0.2) is 0 Å². The Hall–Kier alpha value is -2.31. The van der Waals surface area contributed by atoms with Gasteiger partial charge in [-0.2, -0.15) is 4.98 Å². The first-order chi connectivity index (χ1) is 9.60. The molecule has 7 heteroatoms. The number of methoxy groups -OCH3 is 1. The number of ether oxygens (including phenoxy) is 1. The number of carbonyl (C=O) groups is 2. The van der Waals surface area contributed by atoms with Crippen molar-refractivity contribution in [2.45, 2.75) is 12.8 Å². The van der Waals surface area contributed by atoms with E-state index in [1.54, 1.807) is 23.1 Å². The van der Waals surface area contributed by atoms with E-state index in [-0.39, 0.29) is 17.9 Å². The number of anilines is 1. The highest BCUT2D eigenvalue weighted by molar-refractivity contribution is 5.89. The van der Waals surface area contributed by atoms with Gasteiger partial charge in [-0.25, -0.2) is 4.79 Å². The fraction of sp³-hybridized carbons (Fsp3) is 0.462. The first-order valence-electron chi connectivity index (χ1n) is 6.46. The van der Waals surface area contributed by atoms with Gasteiger partial charge in [0.2, 0.25) is 11.8 Å². The van der Waals surface area contributed by atoms with Gasteiger partial charge in [0.05, 0.1) is 13.0 Å². The van der Waals surface area contributed by atoms with Gasteiger partial charge in [-0.1, -0.05) is 6.07 Å². The van der Waals surface area contributed by atoms with E-state index in [1.807, 2.05) is 0 Å². The van der Waals surface area contributed by atoms with Gasteiger partial charge >= 0.3 is 6.03 Å². The number of primary amides is 1. The fourth-order valence-corrected chi connectivity index (χ4v) is 2.18. The molecule has 2 rings (SSSR count). The highest BCUT2D eigenvalue weighted by Gasteiger charge is 2.27. The van der Waals surface area contributed by atoms with Crippen LogP contribution >= 0.6 is 0 Å². The molecule has 1 aromatic rings. The number of urea groups is 1. The van der Waals surface area contributed by atoms with Crippen molar-refractivity contribution < 1.29 is 14.3 Å². The maximum atomic E-state index is 12.1. The third-order valence-corrected chi connectivity index (χ3v) is 3.28. The number of nitrogens with two attached hydrogens (primary N) is 1. The zero-order chi connectivity index (χ0) is 14.5. The largest absolute Gasteiger partial charge is 0.481 e. The van der Waals surface area contributed by atoms with Gasteiger partial charge in [0.25, 0.3) is 0 Å². The normalized spacial score (nSPS) is 18.4. The topological polar surface area (TPSA) is 97.5 Å². The van der Waals surface area contributed by atoms with Crippen molar-refractivity contribution in [3.05, 3.63) is 18.2 Å². The van der Waals surface area contributed by atoms with Crippen molar-refractivity contribution in [1.82, 2.24) is 9.88 Å². The van der Waals surface area contributed by atoms with Crippen LogP contribution in [0.1, 0.15) is 12.8 Å². The van der Waals surface area contributed by atoms with Crippen molar-refractivity contribution in [3.63, 3.8) is 0 Å². The minimum Gasteiger partial charge on any atom is -0.481 e. The van der Waals surface area contributed by atoms with Crippen LogP contribution in [0.5, 0.6) is 5.88 Å². The number of amides is 3. The van der Waals surface area contributed by atoms with Crippen LogP contribution in [0.2, 0.25) is 0 Å². The lowest BCUT2D eigenvalue weighted by Crippen LogP contribution is -2.45. The highest BCUT2D eigenvalue weighted by atomic mass is 16.5. The lowest BCUT2D eigenvalue weighted by Gasteiger charge is -2.31. The quantitative estimate of drug-likeness (QED) is 0.855. The molecule has 0 radical (unpaired) electrons. The molecule has 0 saturated carbocycles. The molecule has 3 N–H and O–H groups in total. The number of pyridine rings is 1. The lowest BCUT2D eigenvalue weighted by atomic mass is 9.98. The van der Waals surface area contributed by atoms with Crippen LogP contribution in [0.15, 0.2) is 18.2 Å². The van der Waals surface area contributed by atoms with Crippen LogP contribution in [-0.2, 0) is 4.79 Å². The number of hydrogen-bond acceptors (Lipinski definition) is 4. The van der Waals surface area contributed by atoms with Crippen LogP contribution in [-0.4, -0.2) is 42.0 Å². The molecule has 1 fully saturated rings. The first kappa shape index (κ1) is 14.1. The Morgan fingerprint density at radius 2 is 2.30 bits per heavy atom. The van der Waals surface area contributed by atoms with Crippen molar-refractivity contribution in [2.24, 2.45) is 11.7 Å². The summed E-state index contributed by atoms with van der Waals surface area (Å²) in [7, 11) is 1.51. The van der Waals surface area contributed by atoms with E-state index in [1.165, 1.54) is 7.11 Å². The highest BCUT2D eigenvalue weighted by Crippen LogP contribution is 2.17. The molecule has 20 heavy (non-hydrogen) atoms. The Balaban J connectivity index is 1.98. The molecule has 0 aliphatic carbocycles. The molecule has 1 atom stereocenters. The van der Waals surface area contributed by atoms with Crippen LogP contribution in [0.25, 0.3) is 0 Å². The number of piperidine rings is 1. The molecule has 0 aromatic carbocycles. The predicted octanol–water partition coefficient (Wildman–Crippen LogP) is 0.819. The summed E-state index contributed by atoms with van der Waals surface area (Å²) < 4.78 is 4.99. The molecule has 0 unspecified atom stereocenters. The van der Waals surface area contributed by atoms with Crippen molar-refractivity contribution in [1.29, 1.82) is 0 Å². The van der Waals surface area contributed by atoms with E-state index in [4.69, 9.17) is 10.5 Å². The Kier molecular flexibility index (Phi) is 4.39. The molecule has 108 valence electrons. The van der Waals surface area contributed by atoms with E-state index in [0.717, 1.165) is 12.8 Å². The van der Waals surface area contributed by atoms with Gasteiger partial charge in [-0.05, 0) is 18.9 Å². The monoisotopic (exact) mass is 278 g/mol. The van der Waals surface area contributed by atoms with E-state index < -0.39 is 0 Å². The minimum absolute atomic E-state index is 0.271. The maximum absolute atomic E-state index is 12.1. The smallest absolute Gasteiger partial charge is 0.323 e. The van der Waals surface area contributed by atoms with E-state index in [0.29, 0.717) is 24.8 Å². The Bertz CT molecular complexity index is 506. The summed E-state index contributed by atoms with van der Waals surface area (Å²) in [5.74, 6) is 0.210. The van der Waals surface area contributed by atoms with Gasteiger partial charge in [0.1, 0.15) is 5.82 Å². The number of likely N-dealkylation sites (tertiary alicyclic amines) is 1. The Morgan fingerprint density at radius 3 is 3.00 bits per heavy atom. The number of aromatic nitrogens is 1. The summed E-state index contributed by atoms with van der Waals surface area (Å²) >= 11 is 0. The van der Waals surface area contributed by atoms with Gasteiger partial charge < -0.3 is 15.4 Å². The van der Waals surface area contributed by atoms with Crippen molar-refractivity contribution >= 4 is 17.8 Å². The van der Waals surface area contributed by atoms with E-state index in [2.05, 4.69) is 10.3 Å². The average molecular weight is 278 g/mol. The molecule has 1 aliphatic heterocycles. The zero-order valence-corrected chi connectivity index (χ0v) is 11.3. The summed E-state index contributed by atoms with van der Waals surface area (Å²) in [6, 6.07) is 4.83. The number of rotatable bonds is 3. The molecule has 2 heterocycles. The predicted molar refractivity (Wildman–Crippen MR) is 73.3 cm³/mol. The van der Waals surface area contributed by atoms with Crippen LogP contribution in [0.3, 0.4) is 0 Å². The van der Waals surface area contributed by atoms with Crippen molar-refractivity contribution in [2.75, 3.05) is 25.5 Å². The molecular weight excluding hydrogens is 260 g/mol. The standard InChI is InChI=1S/C13H18N4O3/c1-20-11-6-2-5-10(15-11)16-13(19)17-7-3-4-9(8-17)12(14)18/h2,5-6,9H,3-4,7-8H2,1H3,(H2,14,18)(H,15,16,19)/t9-/m0/s1. The summed E-state index contributed by atoms with van der Waals surface area (Å²) in [6.07, 6.45) is 1.50. The summed E-state index contributed by atoms with van der Waals surface area (Å²) in [6.45, 7) is 0.963. The third-order valence-electron chi connectivity index (χ3n) is 3.28. The van der Waals surface area contributed by atoms with Gasteiger partial charge in [-0.3, -0.25) is 10.1 Å². The molecule has 0 bridgehead atoms. The lowest BCUT2D eigenvalue weighted by molar-refractivity contribution is -0.123. The van der Waals surface area contributed by atoms with Gasteiger partial charge in [-0.15, -0.1) is 0 Å². The second-order valence-electron chi connectivity index (χ2n) is 4.68. The van der Waals surface area contributed by atoms with Crippen LogP contribution < -0.4 is 15.8 Å². The van der Waals surface area contributed by atoms with E-state index in [9.17, 15) is 9.59 Å². The molecule has 3 amide bonds. The molecule has 0 spiro atoms. The molecular formula is C13H18N4O3.